The Hall–Kier alpha value is -3.43. The van der Waals surface area contributed by atoms with Crippen molar-refractivity contribution in [2.75, 3.05) is 6.61 Å². The fourth-order valence-corrected chi connectivity index (χ4v) is 3.34. The lowest BCUT2D eigenvalue weighted by Gasteiger charge is -2.29. The van der Waals surface area contributed by atoms with Gasteiger partial charge in [-0.25, -0.2) is 9.59 Å². The maximum absolute atomic E-state index is 13.2. The Morgan fingerprint density at radius 2 is 1.41 bits per heavy atom. The first kappa shape index (κ1) is 31.6. The molecule has 0 aliphatic rings. The van der Waals surface area contributed by atoms with Crippen molar-refractivity contribution in [1.82, 2.24) is 16.0 Å². The van der Waals surface area contributed by atoms with Gasteiger partial charge in [-0.3, -0.25) is 14.4 Å². The number of nitrogens with one attached hydrogen (secondary N) is 3. The third kappa shape index (κ3) is 11.9. The zero-order valence-corrected chi connectivity index (χ0v) is 23.0. The van der Waals surface area contributed by atoms with E-state index in [1.54, 1.807) is 65.0 Å². The lowest BCUT2D eigenvalue weighted by atomic mass is 10.00. The highest BCUT2D eigenvalue weighted by Gasteiger charge is 2.33. The van der Waals surface area contributed by atoms with E-state index in [9.17, 15) is 24.0 Å². The lowest BCUT2D eigenvalue weighted by Crippen LogP contribution is -2.58. The van der Waals surface area contributed by atoms with Crippen molar-refractivity contribution >= 4 is 29.7 Å². The first-order valence-electron chi connectivity index (χ1n) is 12.4. The third-order valence-corrected chi connectivity index (χ3v) is 5.05. The molecule has 3 atom stereocenters. The van der Waals surface area contributed by atoms with E-state index in [-0.39, 0.29) is 18.3 Å². The van der Waals surface area contributed by atoms with Gasteiger partial charge in [0, 0.05) is 6.92 Å². The van der Waals surface area contributed by atoms with Crippen LogP contribution in [0.5, 0.6) is 0 Å². The number of benzene rings is 1. The number of ether oxygens (including phenoxy) is 2. The van der Waals surface area contributed by atoms with Crippen LogP contribution in [0.25, 0.3) is 0 Å². The molecular weight excluding hydrogens is 478 g/mol. The van der Waals surface area contributed by atoms with Crippen LogP contribution in [0.15, 0.2) is 30.3 Å². The van der Waals surface area contributed by atoms with Crippen LogP contribution in [0, 0.1) is 11.8 Å². The van der Waals surface area contributed by atoms with Crippen LogP contribution in [0.1, 0.15) is 72.2 Å². The molecule has 0 saturated heterocycles. The molecule has 0 fully saturated rings. The molecule has 0 bridgehead atoms. The fourth-order valence-electron chi connectivity index (χ4n) is 3.34. The largest absolute Gasteiger partial charge is 0.459 e. The van der Waals surface area contributed by atoms with E-state index in [2.05, 4.69) is 16.0 Å². The molecule has 10 heteroatoms. The molecule has 206 valence electrons. The van der Waals surface area contributed by atoms with E-state index >= 15 is 0 Å². The SMILES string of the molecule is CC(=O)N[C@@H](COC(=O)c1ccccc1)C(=O)N[C@@H](CC(C)C)C(=O)N[C@H](C(=O)OC(C)(C)C)C(C)C. The van der Waals surface area contributed by atoms with E-state index in [4.69, 9.17) is 9.47 Å². The topological polar surface area (TPSA) is 140 Å². The van der Waals surface area contributed by atoms with Crippen molar-refractivity contribution in [2.45, 2.75) is 85.5 Å². The van der Waals surface area contributed by atoms with Gasteiger partial charge in [-0.15, -0.1) is 0 Å². The van der Waals surface area contributed by atoms with E-state index in [1.165, 1.54) is 6.92 Å². The zero-order chi connectivity index (χ0) is 28.3. The summed E-state index contributed by atoms with van der Waals surface area (Å²) in [5.74, 6) is -3.24. The van der Waals surface area contributed by atoms with Gasteiger partial charge in [0.15, 0.2) is 0 Å². The van der Waals surface area contributed by atoms with Gasteiger partial charge in [-0.2, -0.15) is 0 Å². The highest BCUT2D eigenvalue weighted by atomic mass is 16.6. The van der Waals surface area contributed by atoms with E-state index < -0.39 is 60.0 Å². The molecule has 1 rings (SSSR count). The highest BCUT2D eigenvalue weighted by Crippen LogP contribution is 2.14. The van der Waals surface area contributed by atoms with Crippen molar-refractivity contribution in [1.29, 1.82) is 0 Å². The molecule has 0 unspecified atom stereocenters. The first-order valence-corrected chi connectivity index (χ1v) is 12.4. The Balaban J connectivity index is 3.00. The molecule has 3 amide bonds. The summed E-state index contributed by atoms with van der Waals surface area (Å²) < 4.78 is 10.7. The second-order valence-corrected chi connectivity index (χ2v) is 10.7. The number of carbonyl (C=O) groups excluding carboxylic acids is 5. The van der Waals surface area contributed by atoms with Gasteiger partial charge in [-0.05, 0) is 51.2 Å². The van der Waals surface area contributed by atoms with Gasteiger partial charge in [0.2, 0.25) is 17.7 Å². The van der Waals surface area contributed by atoms with Crippen LogP contribution < -0.4 is 16.0 Å². The summed E-state index contributed by atoms with van der Waals surface area (Å²) in [5, 5.41) is 7.79. The Morgan fingerprint density at radius 3 is 1.89 bits per heavy atom. The van der Waals surface area contributed by atoms with Gasteiger partial charge in [0.05, 0.1) is 5.56 Å². The molecule has 3 N–H and O–H groups in total. The summed E-state index contributed by atoms with van der Waals surface area (Å²) in [4.78, 5) is 63.0. The minimum Gasteiger partial charge on any atom is -0.459 e. The zero-order valence-electron chi connectivity index (χ0n) is 23.0. The Bertz CT molecular complexity index is 939. The van der Waals surface area contributed by atoms with Crippen molar-refractivity contribution < 1.29 is 33.4 Å². The average molecular weight is 520 g/mol. The van der Waals surface area contributed by atoms with Crippen LogP contribution in [0.4, 0.5) is 0 Å². The summed E-state index contributed by atoms with van der Waals surface area (Å²) in [7, 11) is 0. The van der Waals surface area contributed by atoms with E-state index in [1.807, 2.05) is 13.8 Å². The van der Waals surface area contributed by atoms with Crippen molar-refractivity contribution in [2.24, 2.45) is 11.8 Å². The van der Waals surface area contributed by atoms with Crippen LogP contribution in [0.2, 0.25) is 0 Å². The molecule has 0 aliphatic carbocycles. The first-order chi connectivity index (χ1) is 17.1. The molecule has 1 aromatic carbocycles. The number of hydrogen-bond donors (Lipinski definition) is 3. The quantitative estimate of drug-likeness (QED) is 0.360. The Morgan fingerprint density at radius 1 is 0.838 bits per heavy atom. The molecule has 37 heavy (non-hydrogen) atoms. The second kappa shape index (κ2) is 14.3. The van der Waals surface area contributed by atoms with Gasteiger partial charge < -0.3 is 25.4 Å². The predicted octanol–water partition coefficient (Wildman–Crippen LogP) is 2.36. The van der Waals surface area contributed by atoms with Gasteiger partial charge in [0.1, 0.15) is 30.3 Å². The summed E-state index contributed by atoms with van der Waals surface area (Å²) in [6.45, 7) is 13.3. The maximum atomic E-state index is 13.2. The molecule has 0 aromatic heterocycles. The van der Waals surface area contributed by atoms with Crippen molar-refractivity contribution in [3.8, 4) is 0 Å². The monoisotopic (exact) mass is 519 g/mol. The maximum Gasteiger partial charge on any atom is 0.338 e. The molecule has 0 heterocycles. The summed E-state index contributed by atoms with van der Waals surface area (Å²) in [6.07, 6.45) is 0.271. The minimum absolute atomic E-state index is 0.0187. The smallest absolute Gasteiger partial charge is 0.338 e. The van der Waals surface area contributed by atoms with Crippen LogP contribution >= 0.6 is 0 Å². The number of amides is 3. The lowest BCUT2D eigenvalue weighted by molar-refractivity contribution is -0.160. The van der Waals surface area contributed by atoms with Crippen LogP contribution in [-0.2, 0) is 28.7 Å². The highest BCUT2D eigenvalue weighted by molar-refractivity contribution is 5.94. The van der Waals surface area contributed by atoms with Gasteiger partial charge in [-0.1, -0.05) is 45.9 Å². The Labute approximate surface area is 219 Å². The molecule has 10 nitrogen and oxygen atoms in total. The predicted molar refractivity (Wildman–Crippen MR) is 138 cm³/mol. The minimum atomic E-state index is -1.22. The van der Waals surface area contributed by atoms with Crippen LogP contribution in [-0.4, -0.2) is 60.0 Å². The molecular formula is C27H41N3O7. The van der Waals surface area contributed by atoms with Crippen LogP contribution in [0.3, 0.4) is 0 Å². The molecule has 0 radical (unpaired) electrons. The number of carbonyl (C=O) groups is 5. The van der Waals surface area contributed by atoms with Crippen molar-refractivity contribution in [3.05, 3.63) is 35.9 Å². The average Bonchev–Trinajstić information content (AvgIpc) is 2.77. The molecule has 0 spiro atoms. The normalized spacial score (nSPS) is 13.8. The van der Waals surface area contributed by atoms with E-state index in [0.29, 0.717) is 5.56 Å². The molecule has 0 aliphatic heterocycles. The third-order valence-electron chi connectivity index (χ3n) is 5.05. The van der Waals surface area contributed by atoms with E-state index in [0.717, 1.165) is 0 Å². The summed E-state index contributed by atoms with van der Waals surface area (Å²) >= 11 is 0. The van der Waals surface area contributed by atoms with Crippen molar-refractivity contribution in [3.63, 3.8) is 0 Å². The second-order valence-electron chi connectivity index (χ2n) is 10.7. The Kier molecular flexibility index (Phi) is 12.3. The van der Waals surface area contributed by atoms with Gasteiger partial charge >= 0.3 is 11.9 Å². The summed E-state index contributed by atoms with van der Waals surface area (Å²) in [5.41, 5.74) is -0.438. The number of rotatable bonds is 12. The van der Waals surface area contributed by atoms with Gasteiger partial charge in [0.25, 0.3) is 0 Å². The molecule has 0 saturated carbocycles. The fraction of sp³-hybridized carbons (Fsp3) is 0.593. The summed E-state index contributed by atoms with van der Waals surface area (Å²) in [6, 6.07) is 5.07. The number of esters is 2. The standard InChI is InChI=1S/C27H41N3O7/c1-16(2)14-20(23(32)30-22(17(3)4)26(35)37-27(6,7)8)29-24(33)21(28-18(5)31)15-36-25(34)19-12-10-9-11-13-19/h9-13,16-17,20-22H,14-15H2,1-8H3,(H,28,31)(H,29,33)(H,30,32)/t20-,21-,22-/m0/s1. The number of hydrogen-bond acceptors (Lipinski definition) is 7. The molecule has 1 aromatic rings.